The second-order valence-electron chi connectivity index (χ2n) is 6.28. The van der Waals surface area contributed by atoms with Crippen LogP contribution in [0.4, 0.5) is 4.39 Å². The molecule has 0 bridgehead atoms. The lowest BCUT2D eigenvalue weighted by Crippen LogP contribution is -2.56. The number of hydrogen-bond donors (Lipinski definition) is 0. The number of hydrogen-bond acceptors (Lipinski definition) is 4. The van der Waals surface area contributed by atoms with Gasteiger partial charge in [0.15, 0.2) is 5.03 Å². The average molecular weight is 344 g/mol. The predicted octanol–water partition coefficient (Wildman–Crippen LogP) is 0.535. The molecule has 2 saturated heterocycles. The van der Waals surface area contributed by atoms with Gasteiger partial charge in [0.25, 0.3) is 15.9 Å². The molecule has 1 amide bonds. The monoisotopic (exact) mass is 344 g/mol. The third kappa shape index (κ3) is 2.99. The topological polar surface area (TPSA) is 75.5 Å². The smallest absolute Gasteiger partial charge is 0.262 e. The summed E-state index contributed by atoms with van der Waals surface area (Å²) in [5.74, 6) is -0.573. The van der Waals surface area contributed by atoms with Gasteiger partial charge in [0, 0.05) is 32.9 Å². The predicted molar refractivity (Wildman–Crippen MR) is 80.9 cm³/mol. The van der Waals surface area contributed by atoms with Crippen LogP contribution < -0.4 is 0 Å². The quantitative estimate of drug-likeness (QED) is 0.802. The van der Waals surface area contributed by atoms with E-state index in [0.717, 1.165) is 17.1 Å². The number of aryl methyl sites for hydroxylation is 1. The van der Waals surface area contributed by atoms with Crippen LogP contribution in [0.15, 0.2) is 17.6 Å². The molecule has 0 aliphatic carbocycles. The van der Waals surface area contributed by atoms with Crippen molar-refractivity contribution in [1.82, 2.24) is 18.8 Å². The molecule has 2 fully saturated rings. The fourth-order valence-electron chi connectivity index (χ4n) is 3.21. The number of alkyl halides is 1. The first-order valence-corrected chi connectivity index (χ1v) is 9.23. The number of carbonyl (C=O) groups excluding carboxylic acids is 1. The summed E-state index contributed by atoms with van der Waals surface area (Å²) >= 11 is 0. The maximum atomic E-state index is 15.2. The maximum absolute atomic E-state index is 15.2. The normalized spacial score (nSPS) is 26.6. The Hall–Kier alpha value is -1.48. The molecule has 3 heterocycles. The molecule has 2 aliphatic rings. The Morgan fingerprint density at radius 2 is 1.96 bits per heavy atom. The first-order valence-electron chi connectivity index (χ1n) is 7.79. The van der Waals surface area contributed by atoms with E-state index in [2.05, 4.69) is 4.98 Å². The van der Waals surface area contributed by atoms with Gasteiger partial charge < -0.3 is 9.47 Å². The summed E-state index contributed by atoms with van der Waals surface area (Å²) in [7, 11) is -2.21. The van der Waals surface area contributed by atoms with Crippen LogP contribution in [0.1, 0.15) is 25.7 Å². The standard InChI is InChI=1S/C14H21FN4O3S/c1-17-9-12(16-11-17)23(21,22)19-8-4-5-14(15,10-19)13(20)18-6-2-3-7-18/h9,11H,2-8,10H2,1H3. The van der Waals surface area contributed by atoms with Crippen molar-refractivity contribution in [2.45, 2.75) is 36.4 Å². The van der Waals surface area contributed by atoms with Crippen molar-refractivity contribution >= 4 is 15.9 Å². The van der Waals surface area contributed by atoms with Crippen molar-refractivity contribution < 1.29 is 17.6 Å². The lowest BCUT2D eigenvalue weighted by molar-refractivity contribution is -0.145. The van der Waals surface area contributed by atoms with E-state index in [1.54, 1.807) is 7.05 Å². The van der Waals surface area contributed by atoms with Crippen LogP contribution in [-0.4, -0.2) is 64.9 Å². The minimum atomic E-state index is -3.88. The Morgan fingerprint density at radius 1 is 1.26 bits per heavy atom. The number of piperidine rings is 1. The van der Waals surface area contributed by atoms with Gasteiger partial charge in [-0.05, 0) is 25.7 Å². The first-order chi connectivity index (χ1) is 10.8. The van der Waals surface area contributed by atoms with E-state index in [0.29, 0.717) is 19.5 Å². The summed E-state index contributed by atoms with van der Waals surface area (Å²) in [5, 5.41) is -0.113. The Morgan fingerprint density at radius 3 is 2.57 bits per heavy atom. The molecule has 0 N–H and O–H groups in total. The van der Waals surface area contributed by atoms with Crippen LogP contribution >= 0.6 is 0 Å². The van der Waals surface area contributed by atoms with E-state index in [1.165, 1.54) is 22.0 Å². The van der Waals surface area contributed by atoms with Gasteiger partial charge >= 0.3 is 0 Å². The first kappa shape index (κ1) is 16.4. The number of halogens is 1. The Bertz CT molecular complexity index is 699. The molecular formula is C14H21FN4O3S. The summed E-state index contributed by atoms with van der Waals surface area (Å²) in [4.78, 5) is 17.8. The summed E-state index contributed by atoms with van der Waals surface area (Å²) in [6, 6.07) is 0. The molecule has 0 aromatic carbocycles. The van der Waals surface area contributed by atoms with Gasteiger partial charge in [-0.15, -0.1) is 0 Å². The number of imidazole rings is 1. The number of nitrogens with zero attached hydrogens (tertiary/aromatic N) is 4. The molecular weight excluding hydrogens is 323 g/mol. The summed E-state index contributed by atoms with van der Waals surface area (Å²) in [5.41, 5.74) is -2.13. The van der Waals surface area contributed by atoms with Crippen LogP contribution in [0.3, 0.4) is 0 Å². The maximum Gasteiger partial charge on any atom is 0.262 e. The van der Waals surface area contributed by atoms with Crippen molar-refractivity contribution in [3.8, 4) is 0 Å². The Kier molecular flexibility index (Phi) is 4.18. The van der Waals surface area contributed by atoms with E-state index < -0.39 is 28.1 Å². The molecule has 1 atom stereocenters. The minimum Gasteiger partial charge on any atom is -0.340 e. The number of likely N-dealkylation sites (tertiary alicyclic amines) is 1. The summed E-state index contributed by atoms with van der Waals surface area (Å²) in [6.45, 7) is 0.883. The number of sulfonamides is 1. The zero-order valence-electron chi connectivity index (χ0n) is 13.1. The van der Waals surface area contributed by atoms with E-state index in [1.807, 2.05) is 0 Å². The average Bonchev–Trinajstić information content (AvgIpc) is 3.18. The molecule has 0 radical (unpaired) electrons. The van der Waals surface area contributed by atoms with Crippen molar-refractivity contribution in [1.29, 1.82) is 0 Å². The van der Waals surface area contributed by atoms with E-state index in [-0.39, 0.29) is 18.0 Å². The number of aromatic nitrogens is 2. The molecule has 9 heteroatoms. The fourth-order valence-corrected chi connectivity index (χ4v) is 4.70. The SMILES string of the molecule is Cn1cnc(S(=O)(=O)N2CCCC(F)(C(=O)N3CCCC3)C2)c1. The van der Waals surface area contributed by atoms with Gasteiger partial charge in [-0.1, -0.05) is 0 Å². The zero-order valence-corrected chi connectivity index (χ0v) is 13.9. The largest absolute Gasteiger partial charge is 0.340 e. The lowest BCUT2D eigenvalue weighted by Gasteiger charge is -2.37. The van der Waals surface area contributed by atoms with Crippen molar-refractivity contribution in [2.75, 3.05) is 26.2 Å². The van der Waals surface area contributed by atoms with Crippen LogP contribution in [0.2, 0.25) is 0 Å². The molecule has 7 nitrogen and oxygen atoms in total. The Balaban J connectivity index is 1.81. The van der Waals surface area contributed by atoms with E-state index in [9.17, 15) is 13.2 Å². The van der Waals surface area contributed by atoms with Gasteiger partial charge in [0.1, 0.15) is 0 Å². The third-order valence-corrected chi connectivity index (χ3v) is 6.20. The van der Waals surface area contributed by atoms with E-state index in [4.69, 9.17) is 0 Å². The molecule has 0 spiro atoms. The van der Waals surface area contributed by atoms with Crippen molar-refractivity contribution in [3.63, 3.8) is 0 Å². The molecule has 3 rings (SSSR count). The lowest BCUT2D eigenvalue weighted by atomic mass is 9.94. The van der Waals surface area contributed by atoms with Crippen molar-refractivity contribution in [3.05, 3.63) is 12.5 Å². The van der Waals surface area contributed by atoms with Crippen molar-refractivity contribution in [2.24, 2.45) is 7.05 Å². The highest BCUT2D eigenvalue weighted by Crippen LogP contribution is 2.31. The van der Waals surface area contributed by atoms with Crippen LogP contribution in [0.5, 0.6) is 0 Å². The molecule has 1 aromatic heterocycles. The number of rotatable bonds is 3. The van der Waals surface area contributed by atoms with Gasteiger partial charge in [-0.2, -0.15) is 4.31 Å². The fraction of sp³-hybridized carbons (Fsp3) is 0.714. The summed E-state index contributed by atoms with van der Waals surface area (Å²) < 4.78 is 42.9. The number of amides is 1. The van der Waals surface area contributed by atoms with Crippen LogP contribution in [0, 0.1) is 0 Å². The molecule has 1 unspecified atom stereocenters. The Labute approximate surface area is 135 Å². The number of carbonyl (C=O) groups is 1. The molecule has 23 heavy (non-hydrogen) atoms. The minimum absolute atomic E-state index is 0.0660. The third-order valence-electron chi connectivity index (χ3n) is 4.47. The van der Waals surface area contributed by atoms with Gasteiger partial charge in [0.05, 0.1) is 12.9 Å². The highest BCUT2D eigenvalue weighted by molar-refractivity contribution is 7.89. The second-order valence-corrected chi connectivity index (χ2v) is 8.17. The van der Waals surface area contributed by atoms with Gasteiger partial charge in [-0.25, -0.2) is 17.8 Å². The van der Waals surface area contributed by atoms with Gasteiger partial charge in [0.2, 0.25) is 5.67 Å². The van der Waals surface area contributed by atoms with E-state index >= 15 is 4.39 Å². The highest BCUT2D eigenvalue weighted by Gasteiger charge is 2.48. The zero-order chi connectivity index (χ0) is 16.7. The van der Waals surface area contributed by atoms with Crippen LogP contribution in [-0.2, 0) is 21.9 Å². The molecule has 1 aromatic rings. The van der Waals surface area contributed by atoms with Crippen LogP contribution in [0.25, 0.3) is 0 Å². The van der Waals surface area contributed by atoms with Gasteiger partial charge in [-0.3, -0.25) is 4.79 Å². The second kappa shape index (κ2) is 5.86. The highest BCUT2D eigenvalue weighted by atomic mass is 32.2. The summed E-state index contributed by atoms with van der Waals surface area (Å²) in [6.07, 6.45) is 4.90. The molecule has 128 valence electrons. The molecule has 2 aliphatic heterocycles. The molecule has 0 saturated carbocycles.